The number of imidazole rings is 1. The van der Waals surface area contributed by atoms with E-state index in [4.69, 9.17) is 4.74 Å². The lowest BCUT2D eigenvalue weighted by Gasteiger charge is -2.36. The van der Waals surface area contributed by atoms with Crippen LogP contribution in [0.15, 0.2) is 36.7 Å². The molecule has 0 spiro atoms. The van der Waals surface area contributed by atoms with Gasteiger partial charge in [-0.15, -0.1) is 24.8 Å². The van der Waals surface area contributed by atoms with E-state index in [0.717, 1.165) is 56.5 Å². The van der Waals surface area contributed by atoms with E-state index in [-0.39, 0.29) is 36.8 Å². The van der Waals surface area contributed by atoms with E-state index < -0.39 is 0 Å². The second-order valence-corrected chi connectivity index (χ2v) is 6.76. The van der Waals surface area contributed by atoms with Crippen molar-refractivity contribution in [3.05, 3.63) is 48.0 Å². The molecule has 0 bridgehead atoms. The number of hydrogen-bond donors (Lipinski definition) is 1. The van der Waals surface area contributed by atoms with Gasteiger partial charge in [0.1, 0.15) is 11.9 Å². The summed E-state index contributed by atoms with van der Waals surface area (Å²) in [5.74, 6) is 0.975. The summed E-state index contributed by atoms with van der Waals surface area (Å²) in [7, 11) is 1.97. The van der Waals surface area contributed by atoms with Crippen LogP contribution in [0.4, 0.5) is 5.69 Å². The number of amides is 1. The molecule has 3 heterocycles. The molecular weight excluding hydrogens is 401 g/mol. The molecule has 2 saturated heterocycles. The molecule has 2 aliphatic rings. The Kier molecular flexibility index (Phi) is 8.12. The van der Waals surface area contributed by atoms with Gasteiger partial charge < -0.3 is 24.4 Å². The molecular formula is C19H27Cl2N5O2. The normalized spacial score (nSPS) is 19.5. The summed E-state index contributed by atoms with van der Waals surface area (Å²) >= 11 is 0. The van der Waals surface area contributed by atoms with Crippen molar-refractivity contribution in [2.45, 2.75) is 6.04 Å². The van der Waals surface area contributed by atoms with E-state index in [1.807, 2.05) is 47.0 Å². The predicted molar refractivity (Wildman–Crippen MR) is 114 cm³/mol. The van der Waals surface area contributed by atoms with Gasteiger partial charge in [-0.05, 0) is 24.3 Å². The third-order valence-electron chi connectivity index (χ3n) is 5.15. The lowest BCUT2D eigenvalue weighted by Crippen LogP contribution is -2.49. The molecule has 0 radical (unpaired) electrons. The maximum absolute atomic E-state index is 13.1. The molecule has 9 heteroatoms. The van der Waals surface area contributed by atoms with Crippen LogP contribution in [0.5, 0.6) is 0 Å². The number of anilines is 1. The maximum atomic E-state index is 13.1. The number of piperazine rings is 1. The zero-order valence-electron chi connectivity index (χ0n) is 15.9. The Labute approximate surface area is 177 Å². The van der Waals surface area contributed by atoms with Gasteiger partial charge in [-0.25, -0.2) is 4.98 Å². The molecule has 2 fully saturated rings. The fraction of sp³-hybridized carbons (Fsp3) is 0.474. The third kappa shape index (κ3) is 4.60. The topological polar surface area (TPSA) is 62.6 Å². The van der Waals surface area contributed by atoms with Gasteiger partial charge in [-0.1, -0.05) is 0 Å². The first-order chi connectivity index (χ1) is 12.7. The molecule has 1 unspecified atom stereocenters. The van der Waals surface area contributed by atoms with Gasteiger partial charge in [0.15, 0.2) is 0 Å². The van der Waals surface area contributed by atoms with Gasteiger partial charge in [-0.3, -0.25) is 4.79 Å². The SMILES string of the molecule is Cl.Cl.Cn1ccnc1C1CNCCN1C(=O)c1ccc(N2CCOCC2)cc1. The molecule has 1 aromatic heterocycles. The van der Waals surface area contributed by atoms with Crippen LogP contribution in [-0.2, 0) is 11.8 Å². The molecule has 154 valence electrons. The number of rotatable bonds is 3. The molecule has 2 aliphatic heterocycles. The highest BCUT2D eigenvalue weighted by Crippen LogP contribution is 2.24. The second-order valence-electron chi connectivity index (χ2n) is 6.76. The minimum Gasteiger partial charge on any atom is -0.378 e. The summed E-state index contributed by atoms with van der Waals surface area (Å²) in [5.41, 5.74) is 1.87. The highest BCUT2D eigenvalue weighted by molar-refractivity contribution is 5.95. The number of nitrogens with one attached hydrogen (secondary N) is 1. The minimum atomic E-state index is -0.0461. The molecule has 4 rings (SSSR count). The van der Waals surface area contributed by atoms with Crippen molar-refractivity contribution >= 4 is 36.4 Å². The quantitative estimate of drug-likeness (QED) is 0.809. The molecule has 1 aromatic carbocycles. The molecule has 7 nitrogen and oxygen atoms in total. The van der Waals surface area contributed by atoms with Crippen molar-refractivity contribution in [3.63, 3.8) is 0 Å². The van der Waals surface area contributed by atoms with E-state index in [2.05, 4.69) is 15.2 Å². The highest BCUT2D eigenvalue weighted by atomic mass is 35.5. The first-order valence-corrected chi connectivity index (χ1v) is 9.16. The number of carbonyl (C=O) groups is 1. The molecule has 2 aromatic rings. The molecule has 1 atom stereocenters. The summed E-state index contributed by atoms with van der Waals surface area (Å²) in [6, 6.07) is 7.90. The zero-order chi connectivity index (χ0) is 17.9. The van der Waals surface area contributed by atoms with Crippen LogP contribution in [0.1, 0.15) is 22.2 Å². The standard InChI is InChI=1S/C19H25N5O2.2ClH/c1-22-8-7-21-18(22)17-14-20-6-9-24(17)19(25)15-2-4-16(5-3-15)23-10-12-26-13-11-23;;/h2-5,7-8,17,20H,6,9-14H2,1H3;2*1H. The number of ether oxygens (including phenoxy) is 1. The smallest absolute Gasteiger partial charge is 0.254 e. The summed E-state index contributed by atoms with van der Waals surface area (Å²) in [6.45, 7) is 5.51. The number of hydrogen-bond acceptors (Lipinski definition) is 5. The maximum Gasteiger partial charge on any atom is 0.254 e. The first kappa shape index (κ1) is 22.5. The average molecular weight is 428 g/mol. The highest BCUT2D eigenvalue weighted by Gasteiger charge is 2.31. The van der Waals surface area contributed by atoms with Crippen LogP contribution >= 0.6 is 24.8 Å². The van der Waals surface area contributed by atoms with E-state index in [1.54, 1.807) is 6.20 Å². The molecule has 1 amide bonds. The van der Waals surface area contributed by atoms with Crippen molar-refractivity contribution in [1.29, 1.82) is 0 Å². The van der Waals surface area contributed by atoms with Crippen LogP contribution in [-0.4, -0.2) is 66.3 Å². The molecule has 0 saturated carbocycles. The predicted octanol–water partition coefficient (Wildman–Crippen LogP) is 1.89. The Balaban J connectivity index is 0.00000140. The Hall–Kier alpha value is -1.80. The summed E-state index contributed by atoms with van der Waals surface area (Å²) in [6.07, 6.45) is 3.70. The first-order valence-electron chi connectivity index (χ1n) is 9.16. The number of aromatic nitrogens is 2. The second kappa shape index (κ2) is 10.1. The van der Waals surface area contributed by atoms with Crippen LogP contribution < -0.4 is 10.2 Å². The van der Waals surface area contributed by atoms with Crippen molar-refractivity contribution in [2.75, 3.05) is 50.8 Å². The number of halogens is 2. The molecule has 28 heavy (non-hydrogen) atoms. The number of aryl methyl sites for hydroxylation is 1. The summed E-state index contributed by atoms with van der Waals surface area (Å²) in [4.78, 5) is 21.8. The monoisotopic (exact) mass is 427 g/mol. The van der Waals surface area contributed by atoms with E-state index in [9.17, 15) is 4.79 Å². The van der Waals surface area contributed by atoms with Crippen molar-refractivity contribution < 1.29 is 9.53 Å². The number of benzene rings is 1. The zero-order valence-corrected chi connectivity index (χ0v) is 17.5. The van der Waals surface area contributed by atoms with Gasteiger partial charge >= 0.3 is 0 Å². The lowest BCUT2D eigenvalue weighted by atomic mass is 10.1. The Morgan fingerprint density at radius 3 is 2.50 bits per heavy atom. The molecule has 0 aliphatic carbocycles. The Bertz CT molecular complexity index is 762. The minimum absolute atomic E-state index is 0. The van der Waals surface area contributed by atoms with Gasteiger partial charge in [0.2, 0.25) is 0 Å². The van der Waals surface area contributed by atoms with Crippen molar-refractivity contribution in [1.82, 2.24) is 19.8 Å². The van der Waals surface area contributed by atoms with E-state index in [1.165, 1.54) is 0 Å². The number of nitrogens with zero attached hydrogens (tertiary/aromatic N) is 4. The van der Waals surface area contributed by atoms with Crippen LogP contribution in [0, 0.1) is 0 Å². The largest absolute Gasteiger partial charge is 0.378 e. The number of morpholine rings is 1. The van der Waals surface area contributed by atoms with Gasteiger partial charge in [0.25, 0.3) is 5.91 Å². The van der Waals surface area contributed by atoms with Gasteiger partial charge in [0.05, 0.1) is 13.2 Å². The fourth-order valence-corrected chi connectivity index (χ4v) is 3.68. The van der Waals surface area contributed by atoms with E-state index in [0.29, 0.717) is 6.54 Å². The summed E-state index contributed by atoms with van der Waals surface area (Å²) in [5, 5.41) is 3.37. The number of carbonyl (C=O) groups excluding carboxylic acids is 1. The summed E-state index contributed by atoms with van der Waals surface area (Å²) < 4.78 is 7.39. The fourth-order valence-electron chi connectivity index (χ4n) is 3.68. The van der Waals surface area contributed by atoms with Crippen molar-refractivity contribution in [2.24, 2.45) is 7.05 Å². The lowest BCUT2D eigenvalue weighted by molar-refractivity contribution is 0.0621. The molecule has 1 N–H and O–H groups in total. The van der Waals surface area contributed by atoms with Crippen LogP contribution in [0.2, 0.25) is 0 Å². The Morgan fingerprint density at radius 2 is 1.86 bits per heavy atom. The van der Waals surface area contributed by atoms with Gasteiger partial charge in [0, 0.05) is 63.4 Å². The Morgan fingerprint density at radius 1 is 1.14 bits per heavy atom. The van der Waals surface area contributed by atoms with Crippen LogP contribution in [0.25, 0.3) is 0 Å². The third-order valence-corrected chi connectivity index (χ3v) is 5.15. The van der Waals surface area contributed by atoms with Crippen molar-refractivity contribution in [3.8, 4) is 0 Å². The van der Waals surface area contributed by atoms with Gasteiger partial charge in [-0.2, -0.15) is 0 Å². The van der Waals surface area contributed by atoms with Crippen LogP contribution in [0.3, 0.4) is 0 Å². The average Bonchev–Trinajstić information content (AvgIpc) is 3.14. The van der Waals surface area contributed by atoms with E-state index >= 15 is 0 Å².